The van der Waals surface area contributed by atoms with Crippen molar-refractivity contribution in [2.75, 3.05) is 13.2 Å². The summed E-state index contributed by atoms with van der Waals surface area (Å²) in [4.78, 5) is 36.3. The SMILES string of the molecule is CCOC(=O)c1ccc(C(=O)CN2C(=O)c3ccccc3S2(=O)=O)cc1. The average molecular weight is 373 g/mol. The summed E-state index contributed by atoms with van der Waals surface area (Å²) in [5, 5.41) is 0. The first kappa shape index (κ1) is 17.8. The van der Waals surface area contributed by atoms with Gasteiger partial charge >= 0.3 is 5.97 Å². The quantitative estimate of drug-likeness (QED) is 0.586. The number of benzene rings is 2. The lowest BCUT2D eigenvalue weighted by Gasteiger charge is -2.14. The maximum atomic E-state index is 12.5. The van der Waals surface area contributed by atoms with Crippen LogP contribution in [-0.4, -0.2) is 43.5 Å². The van der Waals surface area contributed by atoms with Crippen molar-refractivity contribution >= 4 is 27.7 Å². The van der Waals surface area contributed by atoms with Crippen LogP contribution in [0.4, 0.5) is 0 Å². The highest BCUT2D eigenvalue weighted by atomic mass is 32.2. The molecule has 1 heterocycles. The van der Waals surface area contributed by atoms with Crippen molar-refractivity contribution in [3.8, 4) is 0 Å². The van der Waals surface area contributed by atoms with Gasteiger partial charge in [0.1, 0.15) is 11.4 Å². The van der Waals surface area contributed by atoms with E-state index in [1.807, 2.05) is 0 Å². The maximum Gasteiger partial charge on any atom is 0.338 e. The van der Waals surface area contributed by atoms with Crippen LogP contribution in [0.3, 0.4) is 0 Å². The van der Waals surface area contributed by atoms with Crippen LogP contribution in [0.5, 0.6) is 0 Å². The van der Waals surface area contributed by atoms with E-state index in [0.29, 0.717) is 4.31 Å². The number of ether oxygens (including phenoxy) is 1. The van der Waals surface area contributed by atoms with Gasteiger partial charge < -0.3 is 4.74 Å². The molecule has 26 heavy (non-hydrogen) atoms. The molecule has 0 saturated heterocycles. The van der Waals surface area contributed by atoms with Crippen LogP contribution in [0, 0.1) is 0 Å². The Morgan fingerprint density at radius 3 is 2.23 bits per heavy atom. The monoisotopic (exact) mass is 373 g/mol. The molecule has 3 rings (SSSR count). The molecule has 1 aliphatic heterocycles. The second-order valence-electron chi connectivity index (χ2n) is 5.53. The van der Waals surface area contributed by atoms with Crippen molar-refractivity contribution in [3.05, 3.63) is 65.2 Å². The van der Waals surface area contributed by atoms with E-state index in [2.05, 4.69) is 0 Å². The van der Waals surface area contributed by atoms with Crippen molar-refractivity contribution < 1.29 is 27.5 Å². The standard InChI is InChI=1S/C18H15NO6S/c1-2-25-18(22)13-9-7-12(8-10-13)15(20)11-19-17(21)14-5-3-4-6-16(14)26(19,23)24/h3-10H,2,11H2,1H3. The van der Waals surface area contributed by atoms with Crippen LogP contribution >= 0.6 is 0 Å². The van der Waals surface area contributed by atoms with Crippen LogP contribution in [0.25, 0.3) is 0 Å². The number of carbonyl (C=O) groups is 3. The predicted octanol–water partition coefficient (Wildman–Crippen LogP) is 1.89. The van der Waals surface area contributed by atoms with Gasteiger partial charge in [0.15, 0.2) is 5.78 Å². The van der Waals surface area contributed by atoms with Gasteiger partial charge in [0.05, 0.1) is 17.7 Å². The molecule has 7 nitrogen and oxygen atoms in total. The fourth-order valence-corrected chi connectivity index (χ4v) is 4.14. The van der Waals surface area contributed by atoms with Gasteiger partial charge in [-0.2, -0.15) is 0 Å². The summed E-state index contributed by atoms with van der Waals surface area (Å²) >= 11 is 0. The van der Waals surface area contributed by atoms with E-state index in [-0.39, 0.29) is 28.2 Å². The highest BCUT2D eigenvalue weighted by molar-refractivity contribution is 7.90. The van der Waals surface area contributed by atoms with E-state index in [9.17, 15) is 22.8 Å². The van der Waals surface area contributed by atoms with Crippen LogP contribution in [0.15, 0.2) is 53.4 Å². The van der Waals surface area contributed by atoms with Crippen molar-refractivity contribution in [1.29, 1.82) is 0 Å². The number of ketones is 1. The number of carbonyl (C=O) groups excluding carboxylic acids is 3. The average Bonchev–Trinajstić information content (AvgIpc) is 2.83. The van der Waals surface area contributed by atoms with Crippen LogP contribution in [-0.2, 0) is 14.8 Å². The van der Waals surface area contributed by atoms with Crippen molar-refractivity contribution in [1.82, 2.24) is 4.31 Å². The number of sulfonamides is 1. The summed E-state index contributed by atoms with van der Waals surface area (Å²) < 4.78 is 30.4. The van der Waals surface area contributed by atoms with Gasteiger partial charge in [0.2, 0.25) is 0 Å². The van der Waals surface area contributed by atoms with Gasteiger partial charge in [-0.05, 0) is 31.2 Å². The molecule has 1 amide bonds. The highest BCUT2D eigenvalue weighted by Crippen LogP contribution is 2.29. The fourth-order valence-electron chi connectivity index (χ4n) is 2.62. The topological polar surface area (TPSA) is 97.8 Å². The lowest BCUT2D eigenvalue weighted by atomic mass is 10.1. The van der Waals surface area contributed by atoms with E-state index >= 15 is 0 Å². The van der Waals surface area contributed by atoms with E-state index in [1.165, 1.54) is 42.5 Å². The summed E-state index contributed by atoms with van der Waals surface area (Å²) in [6, 6.07) is 11.5. The van der Waals surface area contributed by atoms with Crippen LogP contribution in [0.2, 0.25) is 0 Å². The first-order chi connectivity index (χ1) is 12.4. The summed E-state index contributed by atoms with van der Waals surface area (Å²) in [6.07, 6.45) is 0. The number of Topliss-reactive ketones (excluding diaryl/α,β-unsaturated/α-hetero) is 1. The molecule has 0 aliphatic carbocycles. The van der Waals surface area contributed by atoms with E-state index < -0.39 is 34.2 Å². The van der Waals surface area contributed by atoms with Gasteiger partial charge in [-0.3, -0.25) is 9.59 Å². The molecule has 0 N–H and O–H groups in total. The molecule has 0 spiro atoms. The minimum atomic E-state index is -4.04. The second-order valence-corrected chi connectivity index (χ2v) is 7.36. The molecular formula is C18H15NO6S. The smallest absolute Gasteiger partial charge is 0.338 e. The first-order valence-electron chi connectivity index (χ1n) is 7.82. The lowest BCUT2D eigenvalue weighted by molar-refractivity contribution is 0.0526. The largest absolute Gasteiger partial charge is 0.462 e. The molecule has 0 unspecified atom stereocenters. The Morgan fingerprint density at radius 2 is 1.62 bits per heavy atom. The summed E-state index contributed by atoms with van der Waals surface area (Å²) in [7, 11) is -4.04. The van der Waals surface area contributed by atoms with Gasteiger partial charge in [-0.15, -0.1) is 0 Å². The fraction of sp³-hybridized carbons (Fsp3) is 0.167. The molecule has 2 aromatic carbocycles. The molecule has 0 aromatic heterocycles. The van der Waals surface area contributed by atoms with Gasteiger partial charge in [0, 0.05) is 5.56 Å². The minimum Gasteiger partial charge on any atom is -0.462 e. The molecule has 1 aliphatic rings. The Morgan fingerprint density at radius 1 is 1.00 bits per heavy atom. The summed E-state index contributed by atoms with van der Waals surface area (Å²) in [5.41, 5.74) is 0.524. The number of esters is 1. The van der Waals surface area contributed by atoms with Crippen LogP contribution in [0.1, 0.15) is 38.0 Å². The first-order valence-corrected chi connectivity index (χ1v) is 9.26. The Hall–Kier alpha value is -3.00. The van der Waals surface area contributed by atoms with E-state index in [1.54, 1.807) is 13.0 Å². The molecule has 0 radical (unpaired) electrons. The second kappa shape index (κ2) is 6.72. The zero-order valence-corrected chi connectivity index (χ0v) is 14.7. The third kappa shape index (κ3) is 2.99. The highest BCUT2D eigenvalue weighted by Gasteiger charge is 2.41. The molecule has 8 heteroatoms. The van der Waals surface area contributed by atoms with Gasteiger partial charge in [-0.25, -0.2) is 17.5 Å². The number of nitrogens with zero attached hydrogens (tertiary/aromatic N) is 1. The Kier molecular flexibility index (Phi) is 4.60. The maximum absolute atomic E-state index is 12.5. The van der Waals surface area contributed by atoms with E-state index in [0.717, 1.165) is 0 Å². The number of hydrogen-bond acceptors (Lipinski definition) is 6. The van der Waals surface area contributed by atoms with Gasteiger partial charge in [-0.1, -0.05) is 24.3 Å². The molecule has 0 fully saturated rings. The lowest BCUT2D eigenvalue weighted by Crippen LogP contribution is -2.35. The number of rotatable bonds is 5. The Labute approximate surface area is 150 Å². The zero-order chi connectivity index (χ0) is 18.9. The zero-order valence-electron chi connectivity index (χ0n) is 13.8. The normalized spacial score (nSPS) is 14.8. The Balaban J connectivity index is 1.81. The van der Waals surface area contributed by atoms with Gasteiger partial charge in [0.25, 0.3) is 15.9 Å². The van der Waals surface area contributed by atoms with Crippen molar-refractivity contribution in [2.24, 2.45) is 0 Å². The summed E-state index contributed by atoms with van der Waals surface area (Å²) in [6.45, 7) is 1.31. The number of fused-ring (bicyclic) bond motifs is 1. The third-order valence-electron chi connectivity index (χ3n) is 3.92. The molecule has 0 saturated carbocycles. The molecule has 0 atom stereocenters. The minimum absolute atomic E-state index is 0.0537. The molecule has 2 aromatic rings. The number of amides is 1. The molecular weight excluding hydrogens is 358 g/mol. The van der Waals surface area contributed by atoms with Crippen molar-refractivity contribution in [3.63, 3.8) is 0 Å². The predicted molar refractivity (Wildman–Crippen MR) is 91.4 cm³/mol. The molecule has 0 bridgehead atoms. The summed E-state index contributed by atoms with van der Waals surface area (Å²) in [5.74, 6) is -1.79. The molecule has 134 valence electrons. The number of hydrogen-bond donors (Lipinski definition) is 0. The third-order valence-corrected chi connectivity index (χ3v) is 5.70. The Bertz CT molecular complexity index is 995. The van der Waals surface area contributed by atoms with E-state index in [4.69, 9.17) is 4.74 Å². The van der Waals surface area contributed by atoms with Crippen LogP contribution < -0.4 is 0 Å². The van der Waals surface area contributed by atoms with Crippen molar-refractivity contribution in [2.45, 2.75) is 11.8 Å².